The van der Waals surface area contributed by atoms with Crippen molar-refractivity contribution in [2.45, 2.75) is 13.5 Å². The second-order valence-corrected chi connectivity index (χ2v) is 8.17. The van der Waals surface area contributed by atoms with E-state index in [-0.39, 0.29) is 6.54 Å². The molecule has 0 unspecified atom stereocenters. The molecule has 1 fully saturated rings. The van der Waals surface area contributed by atoms with Crippen molar-refractivity contribution in [2.24, 2.45) is 0 Å². The van der Waals surface area contributed by atoms with Gasteiger partial charge in [0.15, 0.2) is 5.13 Å². The van der Waals surface area contributed by atoms with E-state index in [2.05, 4.69) is 20.7 Å². The fourth-order valence-corrected chi connectivity index (χ4v) is 4.52. The Labute approximate surface area is 188 Å². The number of nitrogens with one attached hydrogen (secondary N) is 2. The minimum absolute atomic E-state index is 0.0848. The number of carbonyl (C=O) groups is 3. The molecule has 3 heterocycles. The maximum Gasteiger partial charge on any atom is 0.340 e. The number of para-hydroxylation sites is 1. The number of benzene rings is 1. The summed E-state index contributed by atoms with van der Waals surface area (Å²) in [5.41, 5.74) is 6.56. The van der Waals surface area contributed by atoms with E-state index in [1.807, 2.05) is 18.2 Å². The van der Waals surface area contributed by atoms with Crippen LogP contribution in [-0.2, 0) is 20.8 Å². The third kappa shape index (κ3) is 4.43. The average molecular weight is 458 g/mol. The Kier molecular flexibility index (Phi) is 6.37. The van der Waals surface area contributed by atoms with Crippen LogP contribution < -0.4 is 15.8 Å². The molecule has 32 heavy (non-hydrogen) atoms. The Balaban J connectivity index is 1.41. The topological polar surface area (TPSA) is 115 Å². The van der Waals surface area contributed by atoms with Gasteiger partial charge in [0, 0.05) is 30.2 Å². The summed E-state index contributed by atoms with van der Waals surface area (Å²) in [6.07, 6.45) is 1.57. The number of hydrogen-bond acceptors (Lipinski definition) is 8. The third-order valence-corrected chi connectivity index (χ3v) is 6.31. The van der Waals surface area contributed by atoms with Gasteiger partial charge in [-0.05, 0) is 13.0 Å². The van der Waals surface area contributed by atoms with E-state index in [0.29, 0.717) is 40.3 Å². The summed E-state index contributed by atoms with van der Waals surface area (Å²) in [7, 11) is 1.31. The number of anilines is 1. The molecular weight excluding hydrogens is 434 g/mol. The lowest BCUT2D eigenvalue weighted by atomic mass is 10.2. The number of hydrogen-bond donors (Lipinski definition) is 2. The van der Waals surface area contributed by atoms with Crippen molar-refractivity contribution in [2.75, 3.05) is 38.3 Å². The van der Waals surface area contributed by atoms with Gasteiger partial charge in [0.1, 0.15) is 11.4 Å². The first-order chi connectivity index (χ1) is 15.5. The zero-order valence-electron chi connectivity index (χ0n) is 17.7. The molecule has 0 saturated carbocycles. The van der Waals surface area contributed by atoms with Gasteiger partial charge < -0.3 is 18.9 Å². The van der Waals surface area contributed by atoms with E-state index in [1.165, 1.54) is 18.4 Å². The Morgan fingerprint density at radius 1 is 1.19 bits per heavy atom. The van der Waals surface area contributed by atoms with Crippen molar-refractivity contribution in [1.82, 2.24) is 20.4 Å². The highest BCUT2D eigenvalue weighted by Crippen LogP contribution is 2.26. The Morgan fingerprint density at radius 2 is 1.94 bits per heavy atom. The SMILES string of the molecule is COC(=O)c1cn(CC(=O)NNC(=O)c2sc(N3CCOCC3)nc2C)c2ccccc12. The van der Waals surface area contributed by atoms with Crippen LogP contribution in [0.2, 0.25) is 0 Å². The number of methoxy groups -OCH3 is 1. The second kappa shape index (κ2) is 9.37. The fraction of sp³-hybridized carbons (Fsp3) is 0.333. The highest BCUT2D eigenvalue weighted by atomic mass is 32.1. The van der Waals surface area contributed by atoms with Crippen molar-refractivity contribution in [1.29, 1.82) is 0 Å². The predicted molar refractivity (Wildman–Crippen MR) is 119 cm³/mol. The third-order valence-electron chi connectivity index (χ3n) is 5.10. The summed E-state index contributed by atoms with van der Waals surface area (Å²) in [5.74, 6) is -1.35. The van der Waals surface area contributed by atoms with Gasteiger partial charge in [-0.15, -0.1) is 0 Å². The molecule has 4 rings (SSSR count). The monoisotopic (exact) mass is 457 g/mol. The minimum atomic E-state index is -0.481. The quantitative estimate of drug-likeness (QED) is 0.441. The first-order valence-electron chi connectivity index (χ1n) is 10.0. The predicted octanol–water partition coefficient (Wildman–Crippen LogP) is 1.49. The summed E-state index contributed by atoms with van der Waals surface area (Å²) in [6, 6.07) is 7.22. The molecule has 3 aromatic rings. The Hall–Kier alpha value is -3.44. The first kappa shape index (κ1) is 21.8. The molecule has 0 spiro atoms. The van der Waals surface area contributed by atoms with Gasteiger partial charge >= 0.3 is 5.97 Å². The molecule has 2 aromatic heterocycles. The van der Waals surface area contributed by atoms with Crippen LogP contribution in [0.25, 0.3) is 10.9 Å². The number of thiazole rings is 1. The van der Waals surface area contributed by atoms with Crippen molar-refractivity contribution in [3.63, 3.8) is 0 Å². The van der Waals surface area contributed by atoms with Crippen LogP contribution in [-0.4, -0.2) is 60.7 Å². The molecule has 0 atom stereocenters. The van der Waals surface area contributed by atoms with Crippen LogP contribution in [0.15, 0.2) is 30.5 Å². The number of carbonyl (C=O) groups excluding carboxylic acids is 3. The standard InChI is InChI=1S/C21H23N5O5S/c1-13-18(32-21(22-13)25-7-9-31-10-8-25)19(28)24-23-17(27)12-26-11-15(20(29)30-2)14-5-3-4-6-16(14)26/h3-6,11H,7-10,12H2,1-2H3,(H,23,27)(H,24,28). The maximum atomic E-state index is 12.6. The van der Waals surface area contributed by atoms with Crippen LogP contribution in [0.5, 0.6) is 0 Å². The fourth-order valence-electron chi connectivity index (χ4n) is 3.51. The van der Waals surface area contributed by atoms with Crippen LogP contribution in [0.3, 0.4) is 0 Å². The number of esters is 1. The summed E-state index contributed by atoms with van der Waals surface area (Å²) in [5, 5.41) is 1.45. The zero-order chi connectivity index (χ0) is 22.7. The number of ether oxygens (including phenoxy) is 2. The van der Waals surface area contributed by atoms with E-state index in [1.54, 1.807) is 23.8 Å². The number of aryl methyl sites for hydroxylation is 1. The molecule has 0 aliphatic carbocycles. The largest absolute Gasteiger partial charge is 0.465 e. The second-order valence-electron chi connectivity index (χ2n) is 7.19. The summed E-state index contributed by atoms with van der Waals surface area (Å²) < 4.78 is 11.8. The van der Waals surface area contributed by atoms with E-state index >= 15 is 0 Å². The first-order valence-corrected chi connectivity index (χ1v) is 10.8. The lowest BCUT2D eigenvalue weighted by Gasteiger charge is -2.25. The molecule has 10 nitrogen and oxygen atoms in total. The molecule has 1 aliphatic rings. The van der Waals surface area contributed by atoms with Crippen LogP contribution >= 0.6 is 11.3 Å². The molecule has 1 saturated heterocycles. The summed E-state index contributed by atoms with van der Waals surface area (Å²) in [4.78, 5) is 44.1. The van der Waals surface area contributed by atoms with Crippen LogP contribution in [0.1, 0.15) is 25.7 Å². The number of morpholine rings is 1. The number of hydrazine groups is 1. The lowest BCUT2D eigenvalue weighted by molar-refractivity contribution is -0.122. The van der Waals surface area contributed by atoms with Gasteiger partial charge in [-0.3, -0.25) is 20.4 Å². The number of amides is 2. The zero-order valence-corrected chi connectivity index (χ0v) is 18.5. The number of fused-ring (bicyclic) bond motifs is 1. The Bertz CT molecular complexity index is 1160. The number of aromatic nitrogens is 2. The number of rotatable bonds is 5. The van der Waals surface area contributed by atoms with Gasteiger partial charge in [-0.1, -0.05) is 29.5 Å². The van der Waals surface area contributed by atoms with E-state index < -0.39 is 17.8 Å². The van der Waals surface area contributed by atoms with Gasteiger partial charge in [0.2, 0.25) is 0 Å². The lowest BCUT2D eigenvalue weighted by Crippen LogP contribution is -2.43. The van der Waals surface area contributed by atoms with E-state index in [0.717, 1.165) is 18.2 Å². The van der Waals surface area contributed by atoms with Crippen molar-refractivity contribution >= 4 is 45.2 Å². The molecule has 11 heteroatoms. The van der Waals surface area contributed by atoms with Crippen molar-refractivity contribution in [3.05, 3.63) is 46.6 Å². The molecule has 1 aliphatic heterocycles. The van der Waals surface area contributed by atoms with E-state index in [9.17, 15) is 14.4 Å². The molecule has 168 valence electrons. The highest BCUT2D eigenvalue weighted by Gasteiger charge is 2.21. The molecule has 0 bridgehead atoms. The maximum absolute atomic E-state index is 12.6. The van der Waals surface area contributed by atoms with Gasteiger partial charge in [-0.2, -0.15) is 0 Å². The van der Waals surface area contributed by atoms with Crippen molar-refractivity contribution in [3.8, 4) is 0 Å². The summed E-state index contributed by atoms with van der Waals surface area (Å²) in [6.45, 7) is 4.38. The molecule has 2 N–H and O–H groups in total. The van der Waals surface area contributed by atoms with Crippen molar-refractivity contribution < 1.29 is 23.9 Å². The Morgan fingerprint density at radius 3 is 2.69 bits per heavy atom. The molecule has 2 amide bonds. The van der Waals surface area contributed by atoms with Crippen LogP contribution in [0.4, 0.5) is 5.13 Å². The molecule has 0 radical (unpaired) electrons. The molecule has 1 aromatic carbocycles. The normalized spacial score (nSPS) is 13.8. The van der Waals surface area contributed by atoms with E-state index in [4.69, 9.17) is 9.47 Å². The summed E-state index contributed by atoms with van der Waals surface area (Å²) >= 11 is 1.28. The molecular formula is C21H23N5O5S. The van der Waals surface area contributed by atoms with Gasteiger partial charge in [-0.25, -0.2) is 9.78 Å². The smallest absolute Gasteiger partial charge is 0.340 e. The average Bonchev–Trinajstić information content (AvgIpc) is 3.38. The van der Waals surface area contributed by atoms with Gasteiger partial charge in [0.25, 0.3) is 11.8 Å². The van der Waals surface area contributed by atoms with Crippen LogP contribution in [0, 0.1) is 6.92 Å². The highest BCUT2D eigenvalue weighted by molar-refractivity contribution is 7.17. The minimum Gasteiger partial charge on any atom is -0.465 e. The van der Waals surface area contributed by atoms with Gasteiger partial charge in [0.05, 0.1) is 31.6 Å². The number of nitrogens with zero attached hydrogens (tertiary/aromatic N) is 3.